The maximum absolute atomic E-state index is 13.5. The Hall–Kier alpha value is -0.883. The van der Waals surface area contributed by atoms with E-state index in [-0.39, 0.29) is 0 Å². The number of fused-ring (bicyclic) bond motifs is 1. The van der Waals surface area contributed by atoms with E-state index in [2.05, 4.69) is 57.5 Å². The molecular weight excluding hydrogens is 418 g/mol. The molecule has 1 aliphatic heterocycles. The van der Waals surface area contributed by atoms with Gasteiger partial charge in [-0.25, -0.2) is 8.78 Å². The molecule has 1 aromatic rings. The monoisotopic (exact) mass is 446 g/mol. The molecule has 1 aliphatic rings. The van der Waals surface area contributed by atoms with Crippen LogP contribution < -0.4 is 9.16 Å². The highest BCUT2D eigenvalue weighted by molar-refractivity contribution is 9.11. The minimum absolute atomic E-state index is 0.381. The lowest BCUT2D eigenvalue weighted by Gasteiger charge is -2.42. The summed E-state index contributed by atoms with van der Waals surface area (Å²) in [6.07, 6.45) is 1.72. The Labute approximate surface area is 165 Å². The highest BCUT2D eigenvalue weighted by Gasteiger charge is 2.47. The van der Waals surface area contributed by atoms with Gasteiger partial charge >= 0.3 is 0 Å². The molecular formula is C20H29BrF2O2Si. The third-order valence-electron chi connectivity index (χ3n) is 5.44. The van der Waals surface area contributed by atoms with Crippen LogP contribution in [0.15, 0.2) is 22.7 Å². The highest BCUT2D eigenvalue weighted by Crippen LogP contribution is 2.45. The lowest BCUT2D eigenvalue weighted by molar-refractivity contribution is 0.0571. The van der Waals surface area contributed by atoms with Crippen molar-refractivity contribution in [2.24, 2.45) is 0 Å². The summed E-state index contributed by atoms with van der Waals surface area (Å²) in [6.45, 7) is 11.4. The first-order valence-electron chi connectivity index (χ1n) is 9.14. The third kappa shape index (κ3) is 3.59. The smallest absolute Gasteiger partial charge is 0.258 e. The Morgan fingerprint density at radius 1 is 1.04 bits per heavy atom. The molecule has 0 saturated heterocycles. The highest BCUT2D eigenvalue weighted by atomic mass is 79.9. The maximum atomic E-state index is 13.5. The van der Waals surface area contributed by atoms with Gasteiger partial charge in [0.1, 0.15) is 24.8 Å². The SMILES string of the molecule is CC(C)[Si](Oc1ccc2c(c1)OC(CF)(CF)C(Br)=C2)(C(C)C)C(C)C. The fraction of sp³-hybridized carbons (Fsp3) is 0.600. The molecule has 0 saturated carbocycles. The van der Waals surface area contributed by atoms with Crippen molar-refractivity contribution >= 4 is 30.3 Å². The molecule has 0 spiro atoms. The van der Waals surface area contributed by atoms with E-state index in [1.807, 2.05) is 12.1 Å². The number of hydrogen-bond donors (Lipinski definition) is 0. The van der Waals surface area contributed by atoms with E-state index in [1.54, 1.807) is 12.1 Å². The second kappa shape index (κ2) is 8.01. The summed E-state index contributed by atoms with van der Waals surface area (Å²) in [5.74, 6) is 1.17. The molecule has 146 valence electrons. The van der Waals surface area contributed by atoms with Crippen molar-refractivity contribution in [1.82, 2.24) is 0 Å². The number of alkyl halides is 2. The summed E-state index contributed by atoms with van der Waals surface area (Å²) < 4.78 is 39.8. The first-order chi connectivity index (χ1) is 12.1. The van der Waals surface area contributed by atoms with Crippen LogP contribution in [0.2, 0.25) is 16.6 Å². The number of hydrogen-bond acceptors (Lipinski definition) is 2. The molecule has 0 aliphatic carbocycles. The largest absolute Gasteiger partial charge is 0.543 e. The van der Waals surface area contributed by atoms with Crippen molar-refractivity contribution in [3.8, 4) is 11.5 Å². The van der Waals surface area contributed by atoms with Crippen LogP contribution in [0, 0.1) is 0 Å². The van der Waals surface area contributed by atoms with Crippen LogP contribution >= 0.6 is 15.9 Å². The van der Waals surface area contributed by atoms with Crippen molar-refractivity contribution < 1.29 is 17.9 Å². The van der Waals surface area contributed by atoms with Gasteiger partial charge in [-0.3, -0.25) is 0 Å². The Balaban J connectivity index is 2.44. The lowest BCUT2D eigenvalue weighted by Crippen LogP contribution is -2.50. The van der Waals surface area contributed by atoms with Crippen molar-refractivity contribution in [3.05, 3.63) is 28.2 Å². The zero-order chi connectivity index (χ0) is 19.7. The van der Waals surface area contributed by atoms with E-state index in [0.717, 1.165) is 5.56 Å². The maximum Gasteiger partial charge on any atom is 0.258 e. The van der Waals surface area contributed by atoms with Crippen LogP contribution in [0.3, 0.4) is 0 Å². The first kappa shape index (κ1) is 21.4. The minimum Gasteiger partial charge on any atom is -0.543 e. The summed E-state index contributed by atoms with van der Waals surface area (Å²) >= 11 is 3.26. The second-order valence-corrected chi connectivity index (χ2v) is 14.2. The van der Waals surface area contributed by atoms with Gasteiger partial charge in [-0.1, -0.05) is 57.5 Å². The fourth-order valence-electron chi connectivity index (χ4n) is 4.09. The zero-order valence-corrected chi connectivity index (χ0v) is 19.0. The molecule has 1 heterocycles. The van der Waals surface area contributed by atoms with Crippen molar-refractivity contribution in [2.45, 2.75) is 63.8 Å². The average Bonchev–Trinajstić information content (AvgIpc) is 2.58. The van der Waals surface area contributed by atoms with Gasteiger partial charge in [0.2, 0.25) is 0 Å². The summed E-state index contributed by atoms with van der Waals surface area (Å²) in [5, 5.41) is 0. The Morgan fingerprint density at radius 2 is 1.58 bits per heavy atom. The minimum atomic E-state index is -2.11. The van der Waals surface area contributed by atoms with Gasteiger partial charge in [0.05, 0.1) is 0 Å². The Bertz CT molecular complexity index is 648. The van der Waals surface area contributed by atoms with E-state index in [1.165, 1.54) is 0 Å². The Morgan fingerprint density at radius 3 is 2.04 bits per heavy atom. The van der Waals surface area contributed by atoms with Crippen molar-refractivity contribution in [3.63, 3.8) is 0 Å². The molecule has 2 nitrogen and oxygen atoms in total. The van der Waals surface area contributed by atoms with E-state index in [9.17, 15) is 8.78 Å². The van der Waals surface area contributed by atoms with Gasteiger partial charge in [-0.15, -0.1) is 0 Å². The van der Waals surface area contributed by atoms with Crippen LogP contribution in [-0.2, 0) is 0 Å². The molecule has 1 aromatic carbocycles. The first-order valence-corrected chi connectivity index (χ1v) is 12.1. The molecule has 6 heteroatoms. The average molecular weight is 447 g/mol. The molecule has 0 atom stereocenters. The number of ether oxygens (including phenoxy) is 1. The number of benzene rings is 1. The fourth-order valence-corrected chi connectivity index (χ4v) is 9.87. The van der Waals surface area contributed by atoms with Crippen LogP contribution in [-0.4, -0.2) is 27.3 Å². The number of rotatable bonds is 7. The summed E-state index contributed by atoms with van der Waals surface area (Å²) in [7, 11) is -2.11. The van der Waals surface area contributed by atoms with Crippen molar-refractivity contribution in [2.75, 3.05) is 13.3 Å². The lowest BCUT2D eigenvalue weighted by atomic mass is 10.0. The normalized spacial score (nSPS) is 16.5. The van der Waals surface area contributed by atoms with Crippen LogP contribution in [0.5, 0.6) is 11.5 Å². The molecule has 26 heavy (non-hydrogen) atoms. The molecule has 2 rings (SSSR count). The van der Waals surface area contributed by atoms with Crippen LogP contribution in [0.1, 0.15) is 47.1 Å². The molecule has 0 aromatic heterocycles. The molecule has 0 bridgehead atoms. The summed E-state index contributed by atoms with van der Waals surface area (Å²) in [4.78, 5) is 0. The van der Waals surface area contributed by atoms with Gasteiger partial charge in [-0.05, 0) is 34.8 Å². The Kier molecular flexibility index (Phi) is 6.60. The molecule has 0 fully saturated rings. The van der Waals surface area contributed by atoms with Gasteiger partial charge < -0.3 is 9.16 Å². The standard InChI is InChI=1S/C20H29BrF2O2Si/c1-13(2)26(14(3)4,15(5)6)25-17-8-7-16-9-19(21)20(11-22,12-23)24-18(16)10-17/h7-10,13-15H,11-12H2,1-6H3. The topological polar surface area (TPSA) is 18.5 Å². The zero-order valence-electron chi connectivity index (χ0n) is 16.4. The van der Waals surface area contributed by atoms with Gasteiger partial charge in [-0.2, -0.15) is 0 Å². The van der Waals surface area contributed by atoms with Crippen molar-refractivity contribution in [1.29, 1.82) is 0 Å². The molecule has 0 N–H and O–H groups in total. The third-order valence-corrected chi connectivity index (χ3v) is 12.4. The molecule has 0 unspecified atom stereocenters. The van der Waals surface area contributed by atoms with E-state index < -0.39 is 27.3 Å². The van der Waals surface area contributed by atoms with Gasteiger partial charge in [0.15, 0.2) is 5.60 Å². The van der Waals surface area contributed by atoms with E-state index in [4.69, 9.17) is 9.16 Å². The van der Waals surface area contributed by atoms with Gasteiger partial charge in [0.25, 0.3) is 8.32 Å². The molecule has 0 amide bonds. The van der Waals surface area contributed by atoms with Gasteiger partial charge in [0, 0.05) is 16.1 Å². The van der Waals surface area contributed by atoms with Crippen LogP contribution in [0.25, 0.3) is 6.08 Å². The number of halogens is 3. The quantitative estimate of drug-likeness (QED) is 0.417. The predicted molar refractivity (Wildman–Crippen MR) is 110 cm³/mol. The second-order valence-electron chi connectivity index (χ2n) is 7.98. The van der Waals surface area contributed by atoms with E-state index >= 15 is 0 Å². The summed E-state index contributed by atoms with van der Waals surface area (Å²) in [6, 6.07) is 5.58. The van der Waals surface area contributed by atoms with E-state index in [0.29, 0.717) is 32.6 Å². The molecule has 0 radical (unpaired) electrons. The van der Waals surface area contributed by atoms with Crippen LogP contribution in [0.4, 0.5) is 8.78 Å². The summed E-state index contributed by atoms with van der Waals surface area (Å²) in [5.41, 5.74) is 0.499. The predicted octanol–water partition coefficient (Wildman–Crippen LogP) is 7.05.